The molecule has 0 heterocycles. The number of benzene rings is 1. The molecule has 0 spiro atoms. The third-order valence-electron chi connectivity index (χ3n) is 4.25. The Hall–Kier alpha value is -1.59. The SMILES string of the molecule is CCCOC/C=C/[C@H]1CC[C@H](c2ccc(C#N)cc2)CC1. The van der Waals surface area contributed by atoms with E-state index in [9.17, 15) is 0 Å². The Balaban J connectivity index is 1.76. The molecule has 1 aromatic carbocycles. The Bertz CT molecular complexity index is 475. The van der Waals surface area contributed by atoms with Crippen molar-refractivity contribution in [2.75, 3.05) is 13.2 Å². The molecule has 0 atom stereocenters. The summed E-state index contributed by atoms with van der Waals surface area (Å²) in [6, 6.07) is 10.3. The van der Waals surface area contributed by atoms with Crippen LogP contribution in [-0.2, 0) is 4.74 Å². The third kappa shape index (κ3) is 5.02. The summed E-state index contributed by atoms with van der Waals surface area (Å²) < 4.78 is 5.47. The van der Waals surface area contributed by atoms with Gasteiger partial charge < -0.3 is 4.74 Å². The van der Waals surface area contributed by atoms with Crippen LogP contribution in [0.2, 0.25) is 0 Å². The zero-order chi connectivity index (χ0) is 14.9. The molecule has 112 valence electrons. The lowest BCUT2D eigenvalue weighted by Gasteiger charge is -2.27. The summed E-state index contributed by atoms with van der Waals surface area (Å²) in [6.07, 6.45) is 10.6. The Morgan fingerprint density at radius 1 is 1.19 bits per heavy atom. The number of hydrogen-bond acceptors (Lipinski definition) is 2. The predicted molar refractivity (Wildman–Crippen MR) is 86.1 cm³/mol. The number of nitrogens with zero attached hydrogens (tertiary/aromatic N) is 1. The maximum absolute atomic E-state index is 8.84. The molecule has 1 aliphatic rings. The molecule has 0 radical (unpaired) electrons. The van der Waals surface area contributed by atoms with E-state index in [2.05, 4.69) is 37.3 Å². The van der Waals surface area contributed by atoms with Gasteiger partial charge in [0.2, 0.25) is 0 Å². The summed E-state index contributed by atoms with van der Waals surface area (Å²) in [5, 5.41) is 8.84. The van der Waals surface area contributed by atoms with Crippen LogP contribution in [0.3, 0.4) is 0 Å². The normalized spacial score (nSPS) is 22.3. The fraction of sp³-hybridized carbons (Fsp3) is 0.526. The lowest BCUT2D eigenvalue weighted by Crippen LogP contribution is -2.11. The first-order valence-electron chi connectivity index (χ1n) is 8.08. The van der Waals surface area contributed by atoms with E-state index in [-0.39, 0.29) is 0 Å². The van der Waals surface area contributed by atoms with Crippen LogP contribution < -0.4 is 0 Å². The summed E-state index contributed by atoms with van der Waals surface area (Å²) in [6.45, 7) is 3.74. The number of nitriles is 1. The highest BCUT2D eigenvalue weighted by Gasteiger charge is 2.20. The Labute approximate surface area is 128 Å². The third-order valence-corrected chi connectivity index (χ3v) is 4.25. The quantitative estimate of drug-likeness (QED) is 0.554. The average Bonchev–Trinajstić information content (AvgIpc) is 2.55. The van der Waals surface area contributed by atoms with Gasteiger partial charge in [-0.1, -0.05) is 31.2 Å². The molecule has 0 bridgehead atoms. The average molecular weight is 283 g/mol. The lowest BCUT2D eigenvalue weighted by atomic mass is 9.78. The van der Waals surface area contributed by atoms with Gasteiger partial charge in [-0.2, -0.15) is 5.26 Å². The van der Waals surface area contributed by atoms with Gasteiger partial charge in [0.25, 0.3) is 0 Å². The molecule has 2 rings (SSSR count). The zero-order valence-corrected chi connectivity index (χ0v) is 12.9. The molecule has 2 heteroatoms. The highest BCUT2D eigenvalue weighted by Crippen LogP contribution is 2.36. The molecule has 1 saturated carbocycles. The second-order valence-corrected chi connectivity index (χ2v) is 5.85. The maximum Gasteiger partial charge on any atom is 0.0991 e. The summed E-state index contributed by atoms with van der Waals surface area (Å²) in [5.74, 6) is 1.38. The summed E-state index contributed by atoms with van der Waals surface area (Å²) in [5.41, 5.74) is 2.14. The fourth-order valence-electron chi connectivity index (χ4n) is 3.02. The summed E-state index contributed by atoms with van der Waals surface area (Å²) in [7, 11) is 0. The molecular formula is C19H25NO. The van der Waals surface area contributed by atoms with Crippen LogP contribution in [0.25, 0.3) is 0 Å². The van der Waals surface area contributed by atoms with E-state index in [1.165, 1.54) is 31.2 Å². The maximum atomic E-state index is 8.84. The van der Waals surface area contributed by atoms with Crippen molar-refractivity contribution in [1.82, 2.24) is 0 Å². The van der Waals surface area contributed by atoms with Gasteiger partial charge in [-0.25, -0.2) is 0 Å². The lowest BCUT2D eigenvalue weighted by molar-refractivity contribution is 0.162. The van der Waals surface area contributed by atoms with E-state index >= 15 is 0 Å². The van der Waals surface area contributed by atoms with Crippen molar-refractivity contribution in [3.05, 3.63) is 47.5 Å². The summed E-state index contributed by atoms with van der Waals surface area (Å²) in [4.78, 5) is 0. The fourth-order valence-corrected chi connectivity index (χ4v) is 3.02. The van der Waals surface area contributed by atoms with Crippen molar-refractivity contribution in [3.8, 4) is 6.07 Å². The Morgan fingerprint density at radius 2 is 1.90 bits per heavy atom. The van der Waals surface area contributed by atoms with Crippen molar-refractivity contribution in [2.24, 2.45) is 5.92 Å². The van der Waals surface area contributed by atoms with Crippen LogP contribution in [0.5, 0.6) is 0 Å². The standard InChI is InChI=1S/C19H25NO/c1-2-13-21-14-3-4-16-5-9-18(10-6-16)19-11-7-17(15-20)8-12-19/h3-4,7-8,11-12,16,18H,2,5-6,9-10,13-14H2,1H3/b4-3+/t16-,18-. The van der Waals surface area contributed by atoms with Crippen molar-refractivity contribution in [2.45, 2.75) is 44.9 Å². The van der Waals surface area contributed by atoms with Crippen molar-refractivity contribution in [1.29, 1.82) is 5.26 Å². The first kappa shape index (κ1) is 15.8. The highest BCUT2D eigenvalue weighted by molar-refractivity contribution is 5.33. The van der Waals surface area contributed by atoms with Gasteiger partial charge in [0.15, 0.2) is 0 Å². The molecule has 0 aromatic heterocycles. The second kappa shape index (κ2) is 8.64. The molecule has 2 nitrogen and oxygen atoms in total. The minimum absolute atomic E-state index is 0.665. The van der Waals surface area contributed by atoms with Crippen molar-refractivity contribution >= 4 is 0 Å². The first-order valence-corrected chi connectivity index (χ1v) is 8.08. The number of allylic oxidation sites excluding steroid dienone is 1. The van der Waals surface area contributed by atoms with E-state index in [0.29, 0.717) is 11.8 Å². The van der Waals surface area contributed by atoms with Gasteiger partial charge in [-0.15, -0.1) is 0 Å². The van der Waals surface area contributed by atoms with E-state index in [0.717, 1.165) is 25.2 Å². The number of hydrogen-bond donors (Lipinski definition) is 0. The topological polar surface area (TPSA) is 33.0 Å². The molecule has 0 saturated heterocycles. The van der Waals surface area contributed by atoms with Gasteiger partial charge in [-0.05, 0) is 61.6 Å². The van der Waals surface area contributed by atoms with Crippen LogP contribution in [0.1, 0.15) is 56.1 Å². The van der Waals surface area contributed by atoms with Crippen LogP contribution in [-0.4, -0.2) is 13.2 Å². The largest absolute Gasteiger partial charge is 0.377 e. The van der Waals surface area contributed by atoms with Crippen LogP contribution in [0.15, 0.2) is 36.4 Å². The van der Waals surface area contributed by atoms with E-state index in [4.69, 9.17) is 10.00 Å². The van der Waals surface area contributed by atoms with Gasteiger partial charge in [0, 0.05) is 6.61 Å². The van der Waals surface area contributed by atoms with Crippen molar-refractivity contribution in [3.63, 3.8) is 0 Å². The summed E-state index contributed by atoms with van der Waals surface area (Å²) >= 11 is 0. The zero-order valence-electron chi connectivity index (χ0n) is 12.9. The molecule has 0 N–H and O–H groups in total. The number of rotatable bonds is 6. The van der Waals surface area contributed by atoms with Gasteiger partial charge >= 0.3 is 0 Å². The molecule has 1 aromatic rings. The first-order chi connectivity index (χ1) is 10.3. The van der Waals surface area contributed by atoms with Gasteiger partial charge in [0.05, 0.1) is 18.2 Å². The smallest absolute Gasteiger partial charge is 0.0991 e. The second-order valence-electron chi connectivity index (χ2n) is 5.85. The molecule has 1 fully saturated rings. The van der Waals surface area contributed by atoms with E-state index < -0.39 is 0 Å². The minimum Gasteiger partial charge on any atom is -0.377 e. The molecular weight excluding hydrogens is 258 g/mol. The minimum atomic E-state index is 0.665. The van der Waals surface area contributed by atoms with E-state index in [1.54, 1.807) is 0 Å². The highest BCUT2D eigenvalue weighted by atomic mass is 16.5. The predicted octanol–water partition coefficient (Wildman–Crippen LogP) is 4.81. The monoisotopic (exact) mass is 283 g/mol. The Morgan fingerprint density at radius 3 is 2.52 bits per heavy atom. The van der Waals surface area contributed by atoms with Crippen LogP contribution >= 0.6 is 0 Å². The van der Waals surface area contributed by atoms with Gasteiger partial charge in [-0.3, -0.25) is 0 Å². The molecule has 0 aliphatic heterocycles. The van der Waals surface area contributed by atoms with Gasteiger partial charge in [0.1, 0.15) is 0 Å². The van der Waals surface area contributed by atoms with Crippen molar-refractivity contribution < 1.29 is 4.74 Å². The van der Waals surface area contributed by atoms with E-state index in [1.807, 2.05) is 12.1 Å². The number of ether oxygens (including phenoxy) is 1. The van der Waals surface area contributed by atoms with Crippen LogP contribution in [0, 0.1) is 17.2 Å². The molecule has 21 heavy (non-hydrogen) atoms. The van der Waals surface area contributed by atoms with Crippen LogP contribution in [0.4, 0.5) is 0 Å². The molecule has 0 unspecified atom stereocenters. The molecule has 1 aliphatic carbocycles. The Kier molecular flexibility index (Phi) is 6.50. The molecule has 0 amide bonds.